The Morgan fingerprint density at radius 2 is 1.82 bits per heavy atom. The second-order valence-corrected chi connectivity index (χ2v) is 5.73. The van der Waals surface area contributed by atoms with Crippen molar-refractivity contribution in [2.24, 2.45) is 11.3 Å². The lowest BCUT2D eigenvalue weighted by Gasteiger charge is -2.34. The Morgan fingerprint density at radius 3 is 2.35 bits per heavy atom. The summed E-state index contributed by atoms with van der Waals surface area (Å²) in [6.07, 6.45) is 9.91. The number of ether oxygens (including phenoxy) is 1. The fraction of sp³-hybridized carbons (Fsp3) is 1.00. The van der Waals surface area contributed by atoms with E-state index in [1.807, 2.05) is 0 Å². The van der Waals surface area contributed by atoms with Gasteiger partial charge in [-0.25, -0.2) is 0 Å². The van der Waals surface area contributed by atoms with Crippen molar-refractivity contribution in [2.45, 2.75) is 58.8 Å². The molecule has 1 aliphatic carbocycles. The molecule has 1 aliphatic rings. The first-order valence-corrected chi connectivity index (χ1v) is 7.46. The summed E-state index contributed by atoms with van der Waals surface area (Å²) in [6.45, 7) is 7.70. The molecule has 1 fully saturated rings. The van der Waals surface area contributed by atoms with Crippen LogP contribution in [0.1, 0.15) is 58.8 Å². The molecule has 0 heterocycles. The first kappa shape index (κ1) is 15.0. The normalized spacial score (nSPS) is 17.8. The van der Waals surface area contributed by atoms with Crippen LogP contribution in [0.4, 0.5) is 0 Å². The van der Waals surface area contributed by atoms with Gasteiger partial charge in [-0.3, -0.25) is 0 Å². The summed E-state index contributed by atoms with van der Waals surface area (Å²) >= 11 is 0. The summed E-state index contributed by atoms with van der Waals surface area (Å²) in [6, 6.07) is 0. The fourth-order valence-electron chi connectivity index (χ4n) is 3.22. The minimum absolute atomic E-state index is 0.531. The zero-order chi connectivity index (χ0) is 12.6. The molecule has 0 aliphatic heterocycles. The van der Waals surface area contributed by atoms with Crippen molar-refractivity contribution in [1.29, 1.82) is 0 Å². The zero-order valence-corrected chi connectivity index (χ0v) is 12.1. The van der Waals surface area contributed by atoms with Gasteiger partial charge in [-0.1, -0.05) is 39.5 Å². The molecule has 2 nitrogen and oxygen atoms in total. The second-order valence-electron chi connectivity index (χ2n) is 5.73. The van der Waals surface area contributed by atoms with Crippen molar-refractivity contribution in [3.8, 4) is 0 Å². The minimum Gasteiger partial charge on any atom is -0.383 e. The molecule has 2 heteroatoms. The molecular weight excluding hydrogens is 210 g/mol. The first-order chi connectivity index (χ1) is 8.26. The van der Waals surface area contributed by atoms with Gasteiger partial charge < -0.3 is 10.1 Å². The minimum atomic E-state index is 0.531. The van der Waals surface area contributed by atoms with Crippen LogP contribution in [-0.4, -0.2) is 26.8 Å². The van der Waals surface area contributed by atoms with Crippen LogP contribution in [0, 0.1) is 11.3 Å². The van der Waals surface area contributed by atoms with Crippen LogP contribution in [0.15, 0.2) is 0 Å². The Labute approximate surface area is 108 Å². The van der Waals surface area contributed by atoms with Crippen molar-refractivity contribution < 1.29 is 4.74 Å². The molecule has 0 radical (unpaired) electrons. The van der Waals surface area contributed by atoms with E-state index in [0.29, 0.717) is 5.41 Å². The maximum Gasteiger partial charge on any atom is 0.0587 e. The van der Waals surface area contributed by atoms with Gasteiger partial charge in [-0.05, 0) is 30.6 Å². The summed E-state index contributed by atoms with van der Waals surface area (Å²) < 4.78 is 5.09. The van der Waals surface area contributed by atoms with E-state index in [-0.39, 0.29) is 0 Å². The third-order valence-corrected chi connectivity index (χ3v) is 4.68. The molecule has 0 saturated heterocycles. The molecule has 0 aromatic rings. The maximum absolute atomic E-state index is 5.09. The molecule has 1 rings (SSSR count). The number of hydrogen-bond acceptors (Lipinski definition) is 2. The van der Waals surface area contributed by atoms with Crippen LogP contribution >= 0.6 is 0 Å². The Balaban J connectivity index is 2.36. The lowest BCUT2D eigenvalue weighted by Crippen LogP contribution is -2.36. The molecule has 1 N–H and O–H groups in total. The van der Waals surface area contributed by atoms with Gasteiger partial charge in [0.15, 0.2) is 0 Å². The summed E-state index contributed by atoms with van der Waals surface area (Å²) in [7, 11) is 1.77. The van der Waals surface area contributed by atoms with E-state index in [9.17, 15) is 0 Å². The molecule has 0 bridgehead atoms. The monoisotopic (exact) mass is 241 g/mol. The van der Waals surface area contributed by atoms with E-state index in [2.05, 4.69) is 19.2 Å². The molecule has 0 spiro atoms. The summed E-state index contributed by atoms with van der Waals surface area (Å²) in [4.78, 5) is 0. The van der Waals surface area contributed by atoms with Gasteiger partial charge in [0, 0.05) is 20.2 Å². The predicted octanol–water partition coefficient (Wildman–Crippen LogP) is 3.61. The van der Waals surface area contributed by atoms with E-state index in [0.717, 1.165) is 19.1 Å². The molecule has 0 unspecified atom stereocenters. The van der Waals surface area contributed by atoms with Gasteiger partial charge in [0.1, 0.15) is 0 Å². The molecule has 1 saturated carbocycles. The standard InChI is InChI=1S/C15H31NO/c1-4-15(5-2,13-16-10-11-17-3)12-14-8-6-7-9-14/h14,16H,4-13H2,1-3H3. The highest BCUT2D eigenvalue weighted by atomic mass is 16.5. The largest absolute Gasteiger partial charge is 0.383 e. The van der Waals surface area contributed by atoms with Gasteiger partial charge in [0.2, 0.25) is 0 Å². The van der Waals surface area contributed by atoms with Gasteiger partial charge in [0.25, 0.3) is 0 Å². The van der Waals surface area contributed by atoms with Crippen molar-refractivity contribution >= 4 is 0 Å². The van der Waals surface area contributed by atoms with Gasteiger partial charge in [0.05, 0.1) is 6.61 Å². The quantitative estimate of drug-likeness (QED) is 0.623. The molecule has 0 amide bonds. The average Bonchev–Trinajstić information content (AvgIpc) is 2.86. The number of hydrogen-bond donors (Lipinski definition) is 1. The third kappa shape index (κ3) is 4.97. The van der Waals surface area contributed by atoms with E-state index in [1.54, 1.807) is 7.11 Å². The first-order valence-electron chi connectivity index (χ1n) is 7.46. The van der Waals surface area contributed by atoms with E-state index in [1.165, 1.54) is 51.5 Å². The average molecular weight is 241 g/mol. The number of methoxy groups -OCH3 is 1. The third-order valence-electron chi connectivity index (χ3n) is 4.68. The van der Waals surface area contributed by atoms with Crippen molar-refractivity contribution in [2.75, 3.05) is 26.8 Å². The second kappa shape index (κ2) is 8.10. The van der Waals surface area contributed by atoms with E-state index in [4.69, 9.17) is 4.74 Å². The highest BCUT2D eigenvalue weighted by Gasteiger charge is 2.30. The van der Waals surface area contributed by atoms with Crippen LogP contribution in [0.5, 0.6) is 0 Å². The lowest BCUT2D eigenvalue weighted by atomic mass is 9.74. The van der Waals surface area contributed by atoms with E-state index >= 15 is 0 Å². The maximum atomic E-state index is 5.09. The van der Waals surface area contributed by atoms with Crippen LogP contribution in [0.25, 0.3) is 0 Å². The fourth-order valence-corrected chi connectivity index (χ4v) is 3.22. The summed E-state index contributed by atoms with van der Waals surface area (Å²) in [5, 5.41) is 3.58. The Hall–Kier alpha value is -0.0800. The molecule has 0 atom stereocenters. The van der Waals surface area contributed by atoms with Crippen LogP contribution < -0.4 is 5.32 Å². The van der Waals surface area contributed by atoms with Crippen molar-refractivity contribution in [3.05, 3.63) is 0 Å². The van der Waals surface area contributed by atoms with Crippen molar-refractivity contribution in [1.82, 2.24) is 5.32 Å². The highest BCUT2D eigenvalue weighted by molar-refractivity contribution is 4.84. The van der Waals surface area contributed by atoms with Crippen molar-refractivity contribution in [3.63, 3.8) is 0 Å². The van der Waals surface area contributed by atoms with Crippen LogP contribution in [0.3, 0.4) is 0 Å². The summed E-state index contributed by atoms with van der Waals surface area (Å²) in [5.74, 6) is 0.999. The van der Waals surface area contributed by atoms with Gasteiger partial charge >= 0.3 is 0 Å². The van der Waals surface area contributed by atoms with Gasteiger partial charge in [-0.2, -0.15) is 0 Å². The van der Waals surface area contributed by atoms with E-state index < -0.39 is 0 Å². The number of rotatable bonds is 9. The lowest BCUT2D eigenvalue weighted by molar-refractivity contribution is 0.167. The number of nitrogens with one attached hydrogen (secondary N) is 1. The Kier molecular flexibility index (Phi) is 7.14. The predicted molar refractivity (Wildman–Crippen MR) is 74.3 cm³/mol. The zero-order valence-electron chi connectivity index (χ0n) is 12.1. The topological polar surface area (TPSA) is 21.3 Å². The smallest absolute Gasteiger partial charge is 0.0587 e. The van der Waals surface area contributed by atoms with Crippen LogP contribution in [0.2, 0.25) is 0 Å². The molecular formula is C15H31NO. The Bertz CT molecular complexity index is 183. The molecule has 0 aromatic heterocycles. The van der Waals surface area contributed by atoms with Crippen LogP contribution in [-0.2, 0) is 4.74 Å². The molecule has 102 valence electrons. The SMILES string of the molecule is CCC(CC)(CNCCOC)CC1CCCC1. The highest BCUT2D eigenvalue weighted by Crippen LogP contribution is 2.39. The van der Waals surface area contributed by atoms with Gasteiger partial charge in [-0.15, -0.1) is 0 Å². The Morgan fingerprint density at radius 1 is 1.18 bits per heavy atom. The molecule has 17 heavy (non-hydrogen) atoms. The summed E-state index contributed by atoms with van der Waals surface area (Å²) in [5.41, 5.74) is 0.531. The molecule has 0 aromatic carbocycles.